The van der Waals surface area contributed by atoms with Crippen molar-refractivity contribution in [1.82, 2.24) is 15.0 Å². The average Bonchev–Trinajstić information content (AvgIpc) is 3.37. The predicted octanol–water partition coefficient (Wildman–Crippen LogP) is 3.10. The lowest BCUT2D eigenvalue weighted by Gasteiger charge is -2.28. The van der Waals surface area contributed by atoms with Crippen LogP contribution in [0.15, 0.2) is 42.5 Å². The van der Waals surface area contributed by atoms with Crippen molar-refractivity contribution in [2.45, 2.75) is 12.8 Å². The van der Waals surface area contributed by atoms with Crippen molar-refractivity contribution in [2.24, 2.45) is 0 Å². The number of nitrogens with zero attached hydrogens (tertiary/aromatic N) is 3. The van der Waals surface area contributed by atoms with Gasteiger partial charge >= 0.3 is 0 Å². The number of benzene rings is 2. The Hall–Kier alpha value is -4.01. The minimum Gasteiger partial charge on any atom is -0.496 e. The molecule has 0 unspecified atom stereocenters. The van der Waals surface area contributed by atoms with E-state index < -0.39 is 0 Å². The highest BCUT2D eigenvalue weighted by Crippen LogP contribution is 2.38. The number of ether oxygens (including phenoxy) is 4. The molecule has 2 aromatic carbocycles. The van der Waals surface area contributed by atoms with E-state index in [4.69, 9.17) is 18.9 Å². The van der Waals surface area contributed by atoms with Gasteiger partial charge in [-0.1, -0.05) is 12.1 Å². The van der Waals surface area contributed by atoms with Crippen LogP contribution in [0.3, 0.4) is 0 Å². The average molecular weight is 466 g/mol. The Bertz CT molecular complexity index is 1200. The second kappa shape index (κ2) is 9.86. The van der Waals surface area contributed by atoms with Gasteiger partial charge in [-0.15, -0.1) is 0 Å². The number of fused-ring (bicyclic) bond motifs is 1. The molecule has 4 rings (SSSR count). The second-order valence-corrected chi connectivity index (χ2v) is 7.74. The summed E-state index contributed by atoms with van der Waals surface area (Å²) in [5.74, 6) is 1.38. The standard InChI is InChI=1S/C25H27N3O6/c1-31-20-15-19(26-18-9-6-5-8-17(18)20)25(30)28-11-7-10-27(28)23(29)14-16-12-21(32-2)24(34-4)22(13-16)33-3/h5-6,8-9,12-13,15H,7,10-11,14H2,1-4H3. The SMILES string of the molecule is COc1cc(CC(=O)N2CCCN2C(=O)c2cc(OC)c3ccccc3n2)cc(OC)c1OC. The monoisotopic (exact) mass is 465 g/mol. The topological polar surface area (TPSA) is 90.4 Å². The number of para-hydroxylation sites is 1. The van der Waals surface area contributed by atoms with Crippen molar-refractivity contribution < 1.29 is 28.5 Å². The van der Waals surface area contributed by atoms with Crippen LogP contribution in [0.25, 0.3) is 10.9 Å². The minimum atomic E-state index is -0.347. The maximum Gasteiger partial charge on any atom is 0.291 e. The van der Waals surface area contributed by atoms with Crippen molar-refractivity contribution in [3.8, 4) is 23.0 Å². The van der Waals surface area contributed by atoms with Gasteiger partial charge in [0.05, 0.1) is 40.4 Å². The number of carbonyl (C=O) groups is 2. The highest BCUT2D eigenvalue weighted by molar-refractivity contribution is 5.98. The fraction of sp³-hybridized carbons (Fsp3) is 0.320. The molecule has 34 heavy (non-hydrogen) atoms. The van der Waals surface area contributed by atoms with E-state index in [1.807, 2.05) is 24.3 Å². The van der Waals surface area contributed by atoms with Gasteiger partial charge in [-0.05, 0) is 36.2 Å². The summed E-state index contributed by atoms with van der Waals surface area (Å²) < 4.78 is 21.6. The third-order valence-corrected chi connectivity index (χ3v) is 5.75. The van der Waals surface area contributed by atoms with E-state index in [1.165, 1.54) is 31.3 Å². The van der Waals surface area contributed by atoms with Gasteiger partial charge in [0, 0.05) is 24.5 Å². The summed E-state index contributed by atoms with van der Waals surface area (Å²) in [6.07, 6.45) is 0.742. The summed E-state index contributed by atoms with van der Waals surface area (Å²) in [5, 5.41) is 3.75. The van der Waals surface area contributed by atoms with Crippen LogP contribution in [0.1, 0.15) is 22.5 Å². The highest BCUT2D eigenvalue weighted by atomic mass is 16.5. The molecule has 0 saturated carbocycles. The number of hydrogen-bond donors (Lipinski definition) is 0. The molecular formula is C25H27N3O6. The van der Waals surface area contributed by atoms with Gasteiger partial charge < -0.3 is 18.9 Å². The van der Waals surface area contributed by atoms with Crippen LogP contribution in [0.5, 0.6) is 23.0 Å². The lowest BCUT2D eigenvalue weighted by atomic mass is 10.1. The number of aromatic nitrogens is 1. The third-order valence-electron chi connectivity index (χ3n) is 5.75. The van der Waals surface area contributed by atoms with Crippen molar-refractivity contribution in [2.75, 3.05) is 41.5 Å². The van der Waals surface area contributed by atoms with Crippen LogP contribution < -0.4 is 18.9 Å². The summed E-state index contributed by atoms with van der Waals surface area (Å²) >= 11 is 0. The molecular weight excluding hydrogens is 438 g/mol. The number of hydrogen-bond acceptors (Lipinski definition) is 7. The molecule has 1 aliphatic rings. The molecule has 1 fully saturated rings. The minimum absolute atomic E-state index is 0.0644. The quantitative estimate of drug-likeness (QED) is 0.530. The molecule has 0 N–H and O–H groups in total. The molecule has 0 spiro atoms. The van der Waals surface area contributed by atoms with Gasteiger partial charge in [-0.3, -0.25) is 14.6 Å². The van der Waals surface area contributed by atoms with Crippen LogP contribution in [0, 0.1) is 0 Å². The molecule has 2 amide bonds. The molecule has 1 saturated heterocycles. The largest absolute Gasteiger partial charge is 0.496 e. The Morgan fingerprint density at radius 1 is 0.853 bits per heavy atom. The van der Waals surface area contributed by atoms with Crippen molar-refractivity contribution >= 4 is 22.7 Å². The number of carbonyl (C=O) groups excluding carboxylic acids is 2. The summed E-state index contributed by atoms with van der Waals surface area (Å²) in [7, 11) is 6.12. The maximum atomic E-state index is 13.4. The molecule has 178 valence electrons. The van der Waals surface area contributed by atoms with E-state index in [0.29, 0.717) is 53.6 Å². The Morgan fingerprint density at radius 3 is 2.15 bits per heavy atom. The molecule has 0 aliphatic carbocycles. The first kappa shape index (κ1) is 23.2. The predicted molar refractivity (Wildman–Crippen MR) is 125 cm³/mol. The Morgan fingerprint density at radius 2 is 1.50 bits per heavy atom. The molecule has 9 nitrogen and oxygen atoms in total. The van der Waals surface area contributed by atoms with E-state index >= 15 is 0 Å². The number of pyridine rings is 1. The number of amides is 2. The first-order valence-electron chi connectivity index (χ1n) is 10.9. The Balaban J connectivity index is 1.59. The van der Waals surface area contributed by atoms with E-state index in [0.717, 1.165) is 5.39 Å². The Labute approximate surface area is 197 Å². The van der Waals surface area contributed by atoms with Crippen LogP contribution in [-0.4, -0.2) is 68.3 Å². The zero-order valence-corrected chi connectivity index (χ0v) is 19.7. The van der Waals surface area contributed by atoms with Crippen LogP contribution in [-0.2, 0) is 11.2 Å². The zero-order valence-electron chi connectivity index (χ0n) is 19.7. The number of rotatable bonds is 7. The number of hydrazine groups is 1. The molecule has 1 aliphatic heterocycles. The van der Waals surface area contributed by atoms with Gasteiger partial charge in [0.2, 0.25) is 11.7 Å². The van der Waals surface area contributed by atoms with Gasteiger partial charge in [0.15, 0.2) is 11.5 Å². The van der Waals surface area contributed by atoms with Crippen LogP contribution in [0.2, 0.25) is 0 Å². The molecule has 0 atom stereocenters. The number of methoxy groups -OCH3 is 4. The van der Waals surface area contributed by atoms with Crippen LogP contribution >= 0.6 is 0 Å². The molecule has 3 aromatic rings. The summed E-state index contributed by atoms with van der Waals surface area (Å²) in [5.41, 5.74) is 1.56. The Kier molecular flexibility index (Phi) is 6.72. The summed E-state index contributed by atoms with van der Waals surface area (Å²) in [4.78, 5) is 31.1. The highest BCUT2D eigenvalue weighted by Gasteiger charge is 2.32. The molecule has 2 heterocycles. The lowest BCUT2D eigenvalue weighted by Crippen LogP contribution is -2.45. The molecule has 1 aromatic heterocycles. The fourth-order valence-electron chi connectivity index (χ4n) is 4.14. The van der Waals surface area contributed by atoms with E-state index in [2.05, 4.69) is 4.98 Å². The van der Waals surface area contributed by atoms with Crippen molar-refractivity contribution in [1.29, 1.82) is 0 Å². The van der Waals surface area contributed by atoms with Gasteiger partial charge in [-0.25, -0.2) is 9.99 Å². The van der Waals surface area contributed by atoms with E-state index in [9.17, 15) is 9.59 Å². The van der Waals surface area contributed by atoms with Gasteiger partial charge in [-0.2, -0.15) is 0 Å². The first-order valence-corrected chi connectivity index (χ1v) is 10.9. The van der Waals surface area contributed by atoms with E-state index in [-0.39, 0.29) is 23.9 Å². The van der Waals surface area contributed by atoms with Gasteiger partial charge in [0.1, 0.15) is 11.4 Å². The fourth-order valence-corrected chi connectivity index (χ4v) is 4.14. The van der Waals surface area contributed by atoms with Gasteiger partial charge in [0.25, 0.3) is 5.91 Å². The third kappa shape index (κ3) is 4.28. The van der Waals surface area contributed by atoms with E-state index in [1.54, 1.807) is 25.3 Å². The summed E-state index contributed by atoms with van der Waals surface area (Å²) in [6.45, 7) is 0.871. The lowest BCUT2D eigenvalue weighted by molar-refractivity contribution is -0.139. The zero-order chi connectivity index (χ0) is 24.2. The first-order chi connectivity index (χ1) is 16.5. The molecule has 0 bridgehead atoms. The second-order valence-electron chi connectivity index (χ2n) is 7.74. The normalized spacial score (nSPS) is 13.2. The van der Waals surface area contributed by atoms with Crippen molar-refractivity contribution in [3.05, 3.63) is 53.7 Å². The maximum absolute atomic E-state index is 13.4. The molecule has 0 radical (unpaired) electrons. The molecule has 9 heteroatoms. The smallest absolute Gasteiger partial charge is 0.291 e. The van der Waals surface area contributed by atoms with Crippen LogP contribution in [0.4, 0.5) is 0 Å². The summed E-state index contributed by atoms with van der Waals surface area (Å²) in [6, 6.07) is 12.5. The van der Waals surface area contributed by atoms with Crippen molar-refractivity contribution in [3.63, 3.8) is 0 Å².